The molecule has 0 N–H and O–H groups in total. The first kappa shape index (κ1) is 19.1. The molecule has 26 heavy (non-hydrogen) atoms. The van der Waals surface area contributed by atoms with Crippen molar-refractivity contribution in [2.45, 2.75) is 45.1 Å². The van der Waals surface area contributed by atoms with Crippen LogP contribution in [-0.4, -0.2) is 48.6 Å². The number of likely N-dealkylation sites (tertiary alicyclic amines) is 1. The largest absolute Gasteiger partial charge is 0.303 e. The molecule has 2 nitrogen and oxygen atoms in total. The van der Waals surface area contributed by atoms with Crippen molar-refractivity contribution in [3.63, 3.8) is 0 Å². The van der Waals surface area contributed by atoms with Gasteiger partial charge in [-0.2, -0.15) is 0 Å². The van der Waals surface area contributed by atoms with Gasteiger partial charge >= 0.3 is 0 Å². The Morgan fingerprint density at radius 2 is 1.42 bits per heavy atom. The highest BCUT2D eigenvalue weighted by atomic mass is 15.2. The van der Waals surface area contributed by atoms with Crippen molar-refractivity contribution >= 4 is 0 Å². The first-order chi connectivity index (χ1) is 12.8. The van der Waals surface area contributed by atoms with E-state index in [1.54, 1.807) is 0 Å². The maximum absolute atomic E-state index is 2.72. The van der Waals surface area contributed by atoms with E-state index >= 15 is 0 Å². The third kappa shape index (κ3) is 5.96. The van der Waals surface area contributed by atoms with E-state index in [-0.39, 0.29) is 0 Å². The van der Waals surface area contributed by atoms with Gasteiger partial charge < -0.3 is 9.80 Å². The molecule has 1 aliphatic heterocycles. The summed E-state index contributed by atoms with van der Waals surface area (Å²) in [5.41, 5.74) is 2.94. The number of rotatable bonds is 9. The Kier molecular flexibility index (Phi) is 7.72. The first-order valence-electron chi connectivity index (χ1n) is 10.4. The molecule has 2 aromatic carbocycles. The van der Waals surface area contributed by atoms with Gasteiger partial charge in [0.25, 0.3) is 0 Å². The standard InChI is InChI=1S/C24H34N2/c1-2-26(18-9-14-22-10-5-3-6-11-22)24-16-20-25(21-17-24)19-15-23-12-7-4-8-13-23/h3-8,10-13,24H,2,9,14-21H2,1H3. The lowest BCUT2D eigenvalue weighted by atomic mass is 10.0. The zero-order valence-electron chi connectivity index (χ0n) is 16.3. The van der Waals surface area contributed by atoms with Crippen LogP contribution in [0.25, 0.3) is 0 Å². The Morgan fingerprint density at radius 1 is 0.846 bits per heavy atom. The van der Waals surface area contributed by atoms with E-state index in [1.165, 1.54) is 76.0 Å². The van der Waals surface area contributed by atoms with Crippen molar-refractivity contribution in [3.05, 3.63) is 71.8 Å². The summed E-state index contributed by atoms with van der Waals surface area (Å²) in [4.78, 5) is 5.37. The summed E-state index contributed by atoms with van der Waals surface area (Å²) in [7, 11) is 0. The van der Waals surface area contributed by atoms with E-state index in [0.717, 1.165) is 6.04 Å². The molecule has 1 fully saturated rings. The van der Waals surface area contributed by atoms with Crippen molar-refractivity contribution < 1.29 is 0 Å². The summed E-state index contributed by atoms with van der Waals surface area (Å²) in [6, 6.07) is 22.6. The zero-order chi connectivity index (χ0) is 18.0. The van der Waals surface area contributed by atoms with Gasteiger partial charge in [-0.05, 0) is 69.4 Å². The topological polar surface area (TPSA) is 6.48 Å². The van der Waals surface area contributed by atoms with E-state index in [9.17, 15) is 0 Å². The summed E-state index contributed by atoms with van der Waals surface area (Å²) in [6.45, 7) is 8.46. The summed E-state index contributed by atoms with van der Waals surface area (Å²) in [6.07, 6.45) is 6.31. The highest BCUT2D eigenvalue weighted by molar-refractivity contribution is 5.15. The molecule has 0 aromatic heterocycles. The summed E-state index contributed by atoms with van der Waals surface area (Å²) < 4.78 is 0. The highest BCUT2D eigenvalue weighted by Gasteiger charge is 2.23. The Labute approximate surface area is 159 Å². The maximum Gasteiger partial charge on any atom is 0.0119 e. The van der Waals surface area contributed by atoms with E-state index in [2.05, 4.69) is 77.4 Å². The summed E-state index contributed by atoms with van der Waals surface area (Å²) in [5.74, 6) is 0. The van der Waals surface area contributed by atoms with E-state index in [0.29, 0.717) is 0 Å². The molecule has 1 saturated heterocycles. The fraction of sp³-hybridized carbons (Fsp3) is 0.500. The van der Waals surface area contributed by atoms with Gasteiger partial charge in [0.15, 0.2) is 0 Å². The lowest BCUT2D eigenvalue weighted by Crippen LogP contribution is -2.45. The first-order valence-corrected chi connectivity index (χ1v) is 10.4. The number of aryl methyl sites for hydroxylation is 1. The average Bonchev–Trinajstić information content (AvgIpc) is 2.72. The van der Waals surface area contributed by atoms with Crippen LogP contribution in [-0.2, 0) is 12.8 Å². The van der Waals surface area contributed by atoms with Gasteiger partial charge in [-0.3, -0.25) is 0 Å². The molecule has 140 valence electrons. The summed E-state index contributed by atoms with van der Waals surface area (Å²) >= 11 is 0. The molecular weight excluding hydrogens is 316 g/mol. The number of hydrogen-bond donors (Lipinski definition) is 0. The molecule has 2 aromatic rings. The van der Waals surface area contributed by atoms with Gasteiger partial charge in [0.1, 0.15) is 0 Å². The quantitative estimate of drug-likeness (QED) is 0.649. The molecular formula is C24H34N2. The Morgan fingerprint density at radius 3 is 2.00 bits per heavy atom. The van der Waals surface area contributed by atoms with Crippen molar-refractivity contribution in [3.8, 4) is 0 Å². The van der Waals surface area contributed by atoms with Crippen LogP contribution < -0.4 is 0 Å². The fourth-order valence-electron chi connectivity index (χ4n) is 4.17. The average molecular weight is 351 g/mol. The Hall–Kier alpha value is -1.64. The molecule has 0 aliphatic carbocycles. The molecule has 1 aliphatic rings. The lowest BCUT2D eigenvalue weighted by Gasteiger charge is -2.38. The van der Waals surface area contributed by atoms with Gasteiger partial charge in [0.2, 0.25) is 0 Å². The Balaban J connectivity index is 1.36. The minimum absolute atomic E-state index is 0.781. The third-order valence-electron chi connectivity index (χ3n) is 5.79. The van der Waals surface area contributed by atoms with Crippen LogP contribution in [0.1, 0.15) is 37.3 Å². The normalized spacial score (nSPS) is 16.2. The molecule has 0 bridgehead atoms. The minimum atomic E-state index is 0.781. The van der Waals surface area contributed by atoms with Crippen LogP contribution in [0.5, 0.6) is 0 Å². The molecule has 3 rings (SSSR count). The van der Waals surface area contributed by atoms with Crippen molar-refractivity contribution in [1.29, 1.82) is 0 Å². The number of hydrogen-bond acceptors (Lipinski definition) is 2. The monoisotopic (exact) mass is 350 g/mol. The van der Waals surface area contributed by atoms with Gasteiger partial charge in [-0.25, -0.2) is 0 Å². The third-order valence-corrected chi connectivity index (χ3v) is 5.79. The number of piperidine rings is 1. The van der Waals surface area contributed by atoms with Gasteiger partial charge in [-0.1, -0.05) is 67.6 Å². The van der Waals surface area contributed by atoms with Crippen LogP contribution in [0, 0.1) is 0 Å². The molecule has 0 spiro atoms. The van der Waals surface area contributed by atoms with Gasteiger partial charge in [-0.15, -0.1) is 0 Å². The highest BCUT2D eigenvalue weighted by Crippen LogP contribution is 2.18. The van der Waals surface area contributed by atoms with Crippen LogP contribution in [0.3, 0.4) is 0 Å². The molecule has 0 amide bonds. The van der Waals surface area contributed by atoms with Crippen LogP contribution in [0.15, 0.2) is 60.7 Å². The van der Waals surface area contributed by atoms with Crippen LogP contribution >= 0.6 is 0 Å². The van der Waals surface area contributed by atoms with E-state index in [4.69, 9.17) is 0 Å². The fourth-order valence-corrected chi connectivity index (χ4v) is 4.17. The van der Waals surface area contributed by atoms with E-state index < -0.39 is 0 Å². The second-order valence-corrected chi connectivity index (χ2v) is 7.53. The van der Waals surface area contributed by atoms with Gasteiger partial charge in [0.05, 0.1) is 0 Å². The number of nitrogens with zero attached hydrogens (tertiary/aromatic N) is 2. The maximum atomic E-state index is 2.72. The van der Waals surface area contributed by atoms with Crippen LogP contribution in [0.2, 0.25) is 0 Å². The molecule has 0 atom stereocenters. The molecule has 2 heteroatoms. The van der Waals surface area contributed by atoms with Crippen molar-refractivity contribution in [1.82, 2.24) is 9.80 Å². The smallest absolute Gasteiger partial charge is 0.0119 e. The van der Waals surface area contributed by atoms with Gasteiger partial charge in [0, 0.05) is 12.6 Å². The van der Waals surface area contributed by atoms with Crippen molar-refractivity contribution in [2.24, 2.45) is 0 Å². The Bertz CT molecular complexity index is 603. The molecule has 0 radical (unpaired) electrons. The molecule has 0 unspecified atom stereocenters. The predicted molar refractivity (Wildman–Crippen MR) is 112 cm³/mol. The summed E-state index contributed by atoms with van der Waals surface area (Å²) in [5, 5.41) is 0. The second kappa shape index (κ2) is 10.5. The number of benzene rings is 2. The van der Waals surface area contributed by atoms with Crippen molar-refractivity contribution in [2.75, 3.05) is 32.7 Å². The zero-order valence-corrected chi connectivity index (χ0v) is 16.3. The molecule has 1 heterocycles. The minimum Gasteiger partial charge on any atom is -0.303 e. The predicted octanol–water partition coefficient (Wildman–Crippen LogP) is 4.65. The van der Waals surface area contributed by atoms with E-state index in [1.807, 2.05) is 0 Å². The van der Waals surface area contributed by atoms with Crippen LogP contribution in [0.4, 0.5) is 0 Å². The lowest BCUT2D eigenvalue weighted by molar-refractivity contribution is 0.112. The molecule has 0 saturated carbocycles. The second-order valence-electron chi connectivity index (χ2n) is 7.53. The SMILES string of the molecule is CCN(CCCc1ccccc1)C1CCN(CCc2ccccc2)CC1.